The zero-order valence-electron chi connectivity index (χ0n) is 7.21. The van der Waals surface area contributed by atoms with E-state index in [2.05, 4.69) is 9.32 Å². The van der Waals surface area contributed by atoms with Crippen molar-refractivity contribution in [1.82, 2.24) is 0 Å². The second-order valence-corrected chi connectivity index (χ2v) is 4.24. The summed E-state index contributed by atoms with van der Waals surface area (Å²) >= 11 is 5.51. The number of hydrogen-bond donors (Lipinski definition) is 1. The van der Waals surface area contributed by atoms with Crippen LogP contribution < -0.4 is 5.14 Å². The molecule has 0 heterocycles. The molecular weight excluding hydrogens is 252 g/mol. The molecule has 1 rings (SSSR count). The van der Waals surface area contributed by atoms with Gasteiger partial charge in [0.1, 0.15) is 0 Å². The van der Waals surface area contributed by atoms with Crippen LogP contribution in [0.4, 0.5) is 8.78 Å². The Morgan fingerprint density at radius 1 is 1.33 bits per heavy atom. The summed E-state index contributed by atoms with van der Waals surface area (Å²) in [5.74, 6) is -2.27. The molecule has 0 saturated carbocycles. The summed E-state index contributed by atoms with van der Waals surface area (Å²) in [6.07, 6.45) is 0. The standard InChI is InChI=1S/C7H6ClF2NO3S/c8-5-2-7(10)6(9)1-4(5)3-14-15(11,12)13/h1-2H,3H2,(H2,11,12,13). The van der Waals surface area contributed by atoms with Crippen LogP contribution in [0.3, 0.4) is 0 Å². The zero-order chi connectivity index (χ0) is 11.6. The third-order valence-corrected chi connectivity index (χ3v) is 2.27. The molecule has 0 aromatic heterocycles. The van der Waals surface area contributed by atoms with Gasteiger partial charge in [-0.3, -0.25) is 4.18 Å². The van der Waals surface area contributed by atoms with Crippen LogP contribution in [0.1, 0.15) is 5.56 Å². The first kappa shape index (κ1) is 12.3. The largest absolute Gasteiger partial charge is 0.333 e. The van der Waals surface area contributed by atoms with E-state index in [1.807, 2.05) is 0 Å². The van der Waals surface area contributed by atoms with Gasteiger partial charge in [0, 0.05) is 10.6 Å². The maximum atomic E-state index is 12.7. The molecule has 8 heteroatoms. The monoisotopic (exact) mass is 257 g/mol. The number of rotatable bonds is 3. The van der Waals surface area contributed by atoms with Crippen LogP contribution in [0.5, 0.6) is 0 Å². The molecule has 4 nitrogen and oxygen atoms in total. The minimum atomic E-state index is -4.14. The fraction of sp³-hybridized carbons (Fsp3) is 0.143. The number of halogens is 3. The number of nitrogens with two attached hydrogens (primary N) is 1. The van der Waals surface area contributed by atoms with Gasteiger partial charge in [-0.05, 0) is 12.1 Å². The zero-order valence-corrected chi connectivity index (χ0v) is 8.78. The lowest BCUT2D eigenvalue weighted by Gasteiger charge is -2.04. The van der Waals surface area contributed by atoms with Gasteiger partial charge >= 0.3 is 10.3 Å². The average molecular weight is 258 g/mol. The van der Waals surface area contributed by atoms with Gasteiger partial charge in [0.15, 0.2) is 11.6 Å². The Labute approximate surface area is 89.9 Å². The van der Waals surface area contributed by atoms with Crippen molar-refractivity contribution in [3.8, 4) is 0 Å². The van der Waals surface area contributed by atoms with E-state index in [1.54, 1.807) is 0 Å². The third kappa shape index (κ3) is 3.71. The molecule has 0 aliphatic heterocycles. The number of hydrogen-bond acceptors (Lipinski definition) is 3. The first-order valence-electron chi connectivity index (χ1n) is 3.60. The van der Waals surface area contributed by atoms with Crippen molar-refractivity contribution in [2.75, 3.05) is 0 Å². The lowest BCUT2D eigenvalue weighted by molar-refractivity contribution is 0.307. The van der Waals surface area contributed by atoms with Crippen molar-refractivity contribution in [3.05, 3.63) is 34.4 Å². The van der Waals surface area contributed by atoms with Crippen molar-refractivity contribution in [2.24, 2.45) is 5.14 Å². The van der Waals surface area contributed by atoms with Crippen LogP contribution in [0, 0.1) is 11.6 Å². The van der Waals surface area contributed by atoms with Gasteiger partial charge in [-0.15, -0.1) is 0 Å². The highest BCUT2D eigenvalue weighted by Crippen LogP contribution is 2.20. The van der Waals surface area contributed by atoms with Gasteiger partial charge in [-0.25, -0.2) is 13.9 Å². The van der Waals surface area contributed by atoms with Crippen LogP contribution in [-0.4, -0.2) is 8.42 Å². The van der Waals surface area contributed by atoms with Gasteiger partial charge in [0.05, 0.1) is 6.61 Å². The molecule has 84 valence electrons. The van der Waals surface area contributed by atoms with Gasteiger partial charge in [-0.1, -0.05) is 11.6 Å². The van der Waals surface area contributed by atoms with Crippen LogP contribution in [0.2, 0.25) is 5.02 Å². The predicted octanol–water partition coefficient (Wildman–Crippen LogP) is 1.34. The Bertz CT molecular complexity index is 477. The molecule has 0 saturated heterocycles. The van der Waals surface area contributed by atoms with Crippen molar-refractivity contribution >= 4 is 21.9 Å². The summed E-state index contributed by atoms with van der Waals surface area (Å²) in [7, 11) is -4.14. The first-order valence-corrected chi connectivity index (χ1v) is 5.45. The summed E-state index contributed by atoms with van der Waals surface area (Å²) < 4.78 is 50.3. The van der Waals surface area contributed by atoms with Crippen molar-refractivity contribution in [1.29, 1.82) is 0 Å². The van der Waals surface area contributed by atoms with E-state index in [9.17, 15) is 17.2 Å². The molecule has 2 N–H and O–H groups in total. The van der Waals surface area contributed by atoms with Gasteiger partial charge in [0.25, 0.3) is 0 Å². The van der Waals surface area contributed by atoms with Crippen LogP contribution in [-0.2, 0) is 21.1 Å². The summed E-state index contributed by atoms with van der Waals surface area (Å²) in [4.78, 5) is 0. The minimum absolute atomic E-state index is 0.00964. The quantitative estimate of drug-likeness (QED) is 0.831. The van der Waals surface area contributed by atoms with Gasteiger partial charge in [0.2, 0.25) is 0 Å². The highest BCUT2D eigenvalue weighted by Gasteiger charge is 2.11. The molecule has 0 amide bonds. The molecule has 0 spiro atoms. The van der Waals surface area contributed by atoms with E-state index in [-0.39, 0.29) is 10.6 Å². The lowest BCUT2D eigenvalue weighted by atomic mass is 10.2. The molecule has 0 fully saturated rings. The van der Waals surface area contributed by atoms with Crippen molar-refractivity contribution < 1.29 is 21.4 Å². The Hall–Kier alpha value is -0.760. The van der Waals surface area contributed by atoms with E-state index >= 15 is 0 Å². The summed E-state index contributed by atoms with van der Waals surface area (Å²) in [6.45, 7) is -0.547. The van der Waals surface area contributed by atoms with E-state index in [4.69, 9.17) is 11.6 Å². The molecule has 0 unspecified atom stereocenters. The van der Waals surface area contributed by atoms with E-state index < -0.39 is 28.5 Å². The van der Waals surface area contributed by atoms with Crippen molar-refractivity contribution in [3.63, 3.8) is 0 Å². The lowest BCUT2D eigenvalue weighted by Crippen LogP contribution is -2.15. The topological polar surface area (TPSA) is 69.4 Å². The Kier molecular flexibility index (Phi) is 3.61. The summed E-state index contributed by atoms with van der Waals surface area (Å²) in [5, 5.41) is 4.40. The second-order valence-electron chi connectivity index (χ2n) is 2.61. The van der Waals surface area contributed by atoms with Crippen LogP contribution >= 0.6 is 11.6 Å². The first-order chi connectivity index (χ1) is 6.79. The Balaban J connectivity index is 2.91. The Morgan fingerprint density at radius 2 is 1.87 bits per heavy atom. The predicted molar refractivity (Wildman–Crippen MR) is 49.3 cm³/mol. The molecular formula is C7H6ClF2NO3S. The minimum Gasteiger partial charge on any atom is -0.253 e. The van der Waals surface area contributed by atoms with Crippen LogP contribution in [0.25, 0.3) is 0 Å². The smallest absolute Gasteiger partial charge is 0.253 e. The van der Waals surface area contributed by atoms with E-state index in [1.165, 1.54) is 0 Å². The molecule has 15 heavy (non-hydrogen) atoms. The average Bonchev–Trinajstić information content (AvgIpc) is 2.07. The summed E-state index contributed by atoms with van der Waals surface area (Å²) in [5.41, 5.74) is -0.00964. The van der Waals surface area contributed by atoms with Gasteiger partial charge in [-0.2, -0.15) is 8.42 Å². The highest BCUT2D eigenvalue weighted by atomic mass is 35.5. The molecule has 0 atom stereocenters. The normalized spacial score (nSPS) is 11.7. The SMILES string of the molecule is NS(=O)(=O)OCc1cc(F)c(F)cc1Cl. The number of benzene rings is 1. The van der Waals surface area contributed by atoms with Crippen molar-refractivity contribution in [2.45, 2.75) is 6.61 Å². The molecule has 0 bridgehead atoms. The third-order valence-electron chi connectivity index (χ3n) is 1.47. The molecule has 0 aliphatic carbocycles. The highest BCUT2D eigenvalue weighted by molar-refractivity contribution is 7.84. The van der Waals surface area contributed by atoms with E-state index in [0.717, 1.165) is 12.1 Å². The maximum absolute atomic E-state index is 12.7. The molecule has 1 aromatic rings. The molecule has 0 aliphatic rings. The van der Waals surface area contributed by atoms with Crippen LogP contribution in [0.15, 0.2) is 12.1 Å². The Morgan fingerprint density at radius 3 is 2.40 bits per heavy atom. The molecule has 0 radical (unpaired) electrons. The fourth-order valence-electron chi connectivity index (χ4n) is 0.820. The summed E-state index contributed by atoms with van der Waals surface area (Å²) in [6, 6.07) is 1.46. The maximum Gasteiger partial charge on any atom is 0.333 e. The fourth-order valence-corrected chi connectivity index (χ4v) is 1.32. The second kappa shape index (κ2) is 4.40. The van der Waals surface area contributed by atoms with Gasteiger partial charge < -0.3 is 0 Å². The van der Waals surface area contributed by atoms with E-state index in [0.29, 0.717) is 0 Å². The molecule has 1 aromatic carbocycles.